The molecule has 138 valence electrons. The lowest BCUT2D eigenvalue weighted by Gasteiger charge is -2.43. The van der Waals surface area contributed by atoms with Gasteiger partial charge in [0.1, 0.15) is 9.64 Å². The van der Waals surface area contributed by atoms with Gasteiger partial charge in [-0.3, -0.25) is 4.79 Å². The number of rotatable bonds is 2. The predicted octanol–water partition coefficient (Wildman–Crippen LogP) is 6.48. The first kappa shape index (κ1) is 18.5. The van der Waals surface area contributed by atoms with E-state index in [2.05, 4.69) is 32.0 Å². The molecule has 2 nitrogen and oxygen atoms in total. The van der Waals surface area contributed by atoms with Crippen molar-refractivity contribution in [3.05, 3.63) is 68.1 Å². The highest BCUT2D eigenvalue weighted by atomic mass is 32.9. The molecule has 0 fully saturated rings. The lowest BCUT2D eigenvalue weighted by atomic mass is 9.86. The van der Waals surface area contributed by atoms with Gasteiger partial charge in [-0.2, -0.15) is 0 Å². The van der Waals surface area contributed by atoms with Crippen LogP contribution in [0.15, 0.2) is 42.5 Å². The summed E-state index contributed by atoms with van der Waals surface area (Å²) in [5.74, 6) is -0.304. The van der Waals surface area contributed by atoms with Gasteiger partial charge in [-0.15, -0.1) is 0 Å². The number of fused-ring (bicyclic) bond motifs is 3. The van der Waals surface area contributed by atoms with Crippen molar-refractivity contribution in [1.29, 1.82) is 0 Å². The fourth-order valence-electron chi connectivity index (χ4n) is 3.64. The van der Waals surface area contributed by atoms with E-state index in [9.17, 15) is 9.18 Å². The molecular formula is C21H18FNOS3. The van der Waals surface area contributed by atoms with Crippen molar-refractivity contribution in [2.45, 2.75) is 32.7 Å². The van der Waals surface area contributed by atoms with Crippen LogP contribution >= 0.6 is 32.9 Å². The number of carbonyl (C=O) groups excluding carboxylic acids is 1. The van der Waals surface area contributed by atoms with E-state index in [1.54, 1.807) is 32.8 Å². The SMILES string of the molecule is Cc1ccc2c(c1)N(C(=O)Cc1ccc(F)cc1)C(C)(C)c1ssc(=S)c1-2. The largest absolute Gasteiger partial charge is 0.301 e. The third-order valence-electron chi connectivity index (χ3n) is 4.93. The molecule has 2 aromatic carbocycles. The highest BCUT2D eigenvalue weighted by Crippen LogP contribution is 2.52. The van der Waals surface area contributed by atoms with E-state index in [1.807, 2.05) is 11.8 Å². The number of aryl methyl sites for hydroxylation is 1. The minimum atomic E-state index is -0.495. The van der Waals surface area contributed by atoms with E-state index < -0.39 is 5.54 Å². The minimum absolute atomic E-state index is 0.00609. The average molecular weight is 416 g/mol. The third-order valence-corrected chi connectivity index (χ3v) is 8.26. The van der Waals surface area contributed by atoms with Crippen LogP contribution in [-0.4, -0.2) is 5.91 Å². The van der Waals surface area contributed by atoms with Gasteiger partial charge in [0, 0.05) is 11.1 Å². The fraction of sp³-hybridized carbons (Fsp3) is 0.238. The molecule has 0 bridgehead atoms. The van der Waals surface area contributed by atoms with Crippen molar-refractivity contribution < 1.29 is 9.18 Å². The molecule has 0 aliphatic carbocycles. The second-order valence-electron chi connectivity index (χ2n) is 7.27. The normalized spacial score (nSPS) is 14.6. The summed E-state index contributed by atoms with van der Waals surface area (Å²) in [6.07, 6.45) is 0.224. The maximum absolute atomic E-state index is 13.4. The van der Waals surface area contributed by atoms with Gasteiger partial charge in [-0.25, -0.2) is 4.39 Å². The molecule has 0 atom stereocenters. The third kappa shape index (κ3) is 3.06. The Morgan fingerprint density at radius 2 is 1.85 bits per heavy atom. The number of amides is 1. The van der Waals surface area contributed by atoms with Crippen LogP contribution in [0.4, 0.5) is 10.1 Å². The molecule has 1 aliphatic heterocycles. The lowest BCUT2D eigenvalue weighted by molar-refractivity contribution is -0.119. The van der Waals surface area contributed by atoms with Gasteiger partial charge < -0.3 is 4.90 Å². The number of hydrogen-bond donors (Lipinski definition) is 0. The number of nitrogens with zero attached hydrogens (tertiary/aromatic N) is 1. The predicted molar refractivity (Wildman–Crippen MR) is 114 cm³/mol. The molecule has 0 saturated carbocycles. The highest BCUT2D eigenvalue weighted by Gasteiger charge is 2.42. The van der Waals surface area contributed by atoms with E-state index in [1.165, 1.54) is 12.1 Å². The van der Waals surface area contributed by atoms with Crippen molar-refractivity contribution in [1.82, 2.24) is 0 Å². The number of anilines is 1. The molecule has 4 rings (SSSR count). The van der Waals surface area contributed by atoms with Crippen molar-refractivity contribution in [3.8, 4) is 11.1 Å². The minimum Gasteiger partial charge on any atom is -0.301 e. The molecule has 3 aromatic rings. The maximum Gasteiger partial charge on any atom is 0.232 e. The summed E-state index contributed by atoms with van der Waals surface area (Å²) < 4.78 is 14.1. The van der Waals surface area contributed by atoms with Crippen LogP contribution in [0.2, 0.25) is 0 Å². The number of halogens is 1. The van der Waals surface area contributed by atoms with Crippen LogP contribution in [0.1, 0.15) is 29.9 Å². The standard InChI is InChI=1S/C21H18FNOS3/c1-12-4-9-15-16(10-12)23(17(24)11-13-5-7-14(22)8-6-13)21(2,3)19-18(15)20(25)27-26-19/h4-10H,11H2,1-3H3. The Morgan fingerprint density at radius 1 is 1.15 bits per heavy atom. The van der Waals surface area contributed by atoms with Crippen LogP contribution in [0, 0.1) is 16.6 Å². The Hall–Kier alpha value is -1.89. The summed E-state index contributed by atoms with van der Waals surface area (Å²) in [7, 11) is 3.24. The Bertz CT molecular complexity index is 1100. The molecule has 1 aliphatic rings. The van der Waals surface area contributed by atoms with Gasteiger partial charge in [0.2, 0.25) is 5.91 Å². The lowest BCUT2D eigenvalue weighted by Crippen LogP contribution is -2.48. The van der Waals surface area contributed by atoms with Gasteiger partial charge in [-0.05, 0) is 50.1 Å². The maximum atomic E-state index is 13.4. The van der Waals surface area contributed by atoms with Gasteiger partial charge in [-0.1, -0.05) is 57.2 Å². The summed E-state index contributed by atoms with van der Waals surface area (Å²) in [6.45, 7) is 6.16. The number of carbonyl (C=O) groups is 1. The van der Waals surface area contributed by atoms with Crippen LogP contribution in [0.3, 0.4) is 0 Å². The zero-order chi connectivity index (χ0) is 19.3. The molecule has 1 amide bonds. The second kappa shape index (κ2) is 6.62. The molecule has 6 heteroatoms. The molecule has 0 spiro atoms. The van der Waals surface area contributed by atoms with Crippen LogP contribution in [0.25, 0.3) is 11.1 Å². The van der Waals surface area contributed by atoms with E-state index in [0.717, 1.165) is 36.6 Å². The van der Waals surface area contributed by atoms with Crippen molar-refractivity contribution >= 4 is 44.5 Å². The quantitative estimate of drug-likeness (QED) is 0.353. The van der Waals surface area contributed by atoms with E-state index in [-0.39, 0.29) is 18.1 Å². The monoisotopic (exact) mass is 415 g/mol. The Morgan fingerprint density at radius 3 is 2.56 bits per heavy atom. The van der Waals surface area contributed by atoms with E-state index in [0.29, 0.717) is 0 Å². The fourth-order valence-corrected chi connectivity index (χ4v) is 6.92. The zero-order valence-electron chi connectivity index (χ0n) is 15.2. The molecule has 27 heavy (non-hydrogen) atoms. The molecule has 0 saturated heterocycles. The summed E-state index contributed by atoms with van der Waals surface area (Å²) in [5.41, 5.74) is 4.41. The van der Waals surface area contributed by atoms with Crippen LogP contribution < -0.4 is 4.90 Å². The van der Waals surface area contributed by atoms with Crippen LogP contribution in [0.5, 0.6) is 0 Å². The highest BCUT2D eigenvalue weighted by molar-refractivity contribution is 7.80. The topological polar surface area (TPSA) is 20.3 Å². The average Bonchev–Trinajstić information content (AvgIpc) is 2.99. The molecule has 0 unspecified atom stereocenters. The van der Waals surface area contributed by atoms with Crippen molar-refractivity contribution in [2.24, 2.45) is 0 Å². The molecule has 0 N–H and O–H groups in total. The first-order valence-corrected chi connectivity index (χ1v) is 11.2. The molecule has 2 heterocycles. The van der Waals surface area contributed by atoms with E-state index in [4.69, 9.17) is 12.2 Å². The van der Waals surface area contributed by atoms with E-state index >= 15 is 0 Å². The number of hydrogen-bond acceptors (Lipinski definition) is 4. The molecule has 1 aromatic heterocycles. The molecule has 0 radical (unpaired) electrons. The zero-order valence-corrected chi connectivity index (χ0v) is 17.7. The summed E-state index contributed by atoms with van der Waals surface area (Å²) >= 11 is 5.60. The Kier molecular flexibility index (Phi) is 4.53. The number of benzene rings is 2. The first-order valence-electron chi connectivity index (χ1n) is 8.61. The Balaban J connectivity index is 1.85. The van der Waals surface area contributed by atoms with Gasteiger partial charge >= 0.3 is 0 Å². The summed E-state index contributed by atoms with van der Waals surface area (Å²) in [6, 6.07) is 12.3. The van der Waals surface area contributed by atoms with Crippen molar-refractivity contribution in [3.63, 3.8) is 0 Å². The smallest absolute Gasteiger partial charge is 0.232 e. The van der Waals surface area contributed by atoms with Gasteiger partial charge in [0.25, 0.3) is 0 Å². The Labute approximate surface area is 170 Å². The van der Waals surface area contributed by atoms with Crippen molar-refractivity contribution in [2.75, 3.05) is 4.90 Å². The molecular weight excluding hydrogens is 397 g/mol. The first-order chi connectivity index (χ1) is 12.8. The van der Waals surface area contributed by atoms with Gasteiger partial charge in [0.05, 0.1) is 22.5 Å². The summed E-state index contributed by atoms with van der Waals surface area (Å²) in [4.78, 5) is 16.4. The summed E-state index contributed by atoms with van der Waals surface area (Å²) in [5, 5.41) is 0. The van der Waals surface area contributed by atoms with Crippen LogP contribution in [-0.2, 0) is 16.8 Å². The van der Waals surface area contributed by atoms with Gasteiger partial charge in [0.15, 0.2) is 0 Å². The second-order valence-corrected chi connectivity index (χ2v) is 10.1.